The maximum Gasteiger partial charge on any atom is 0.410 e. The summed E-state index contributed by atoms with van der Waals surface area (Å²) in [5.74, 6) is 0. The molecule has 0 spiro atoms. The number of carbonyl (C=O) groups excluding carboxylic acids is 1. The fourth-order valence-corrected chi connectivity index (χ4v) is 3.02. The Kier molecular flexibility index (Phi) is 5.13. The molecule has 1 aliphatic heterocycles. The number of likely N-dealkylation sites (tertiary alicyclic amines) is 1. The molecule has 0 aliphatic carbocycles. The first-order valence-electron chi connectivity index (χ1n) is 7.61. The van der Waals surface area contributed by atoms with Crippen molar-refractivity contribution in [3.8, 4) is 0 Å². The van der Waals surface area contributed by atoms with Gasteiger partial charge in [-0.2, -0.15) is 0 Å². The second-order valence-electron chi connectivity index (χ2n) is 5.57. The monoisotopic (exact) mass is 371 g/mol. The van der Waals surface area contributed by atoms with E-state index in [9.17, 15) is 4.79 Å². The molecule has 1 heterocycles. The first-order chi connectivity index (χ1) is 11.2. The molecule has 0 aromatic heterocycles. The topological polar surface area (TPSA) is 29.5 Å². The standard InChI is InChI=1S/C19H18BrNO2/c20-18-8-4-7-16(12-18)11-17-9-10-21(13-17)19(22)23-14-15-5-2-1-3-6-15/h1-8,11-12H,9-10,13-14H2/b17-11+. The largest absolute Gasteiger partial charge is 0.445 e. The molecule has 1 fully saturated rings. The highest BCUT2D eigenvalue weighted by Crippen LogP contribution is 2.21. The number of amides is 1. The van der Waals surface area contributed by atoms with Crippen molar-refractivity contribution in [1.82, 2.24) is 4.90 Å². The molecule has 3 nitrogen and oxygen atoms in total. The minimum atomic E-state index is -0.244. The van der Waals surface area contributed by atoms with Crippen LogP contribution in [0.25, 0.3) is 6.08 Å². The van der Waals surface area contributed by atoms with Gasteiger partial charge in [0.05, 0.1) is 0 Å². The Bertz CT molecular complexity index is 712. The smallest absolute Gasteiger partial charge is 0.410 e. The van der Waals surface area contributed by atoms with E-state index in [0.717, 1.165) is 22.0 Å². The van der Waals surface area contributed by atoms with Gasteiger partial charge in [0.1, 0.15) is 6.61 Å². The van der Waals surface area contributed by atoms with Crippen LogP contribution in [0.15, 0.2) is 64.6 Å². The van der Waals surface area contributed by atoms with Crippen molar-refractivity contribution in [2.75, 3.05) is 13.1 Å². The average molecular weight is 372 g/mol. The van der Waals surface area contributed by atoms with Gasteiger partial charge < -0.3 is 9.64 Å². The zero-order chi connectivity index (χ0) is 16.1. The predicted octanol–water partition coefficient (Wildman–Crippen LogP) is 4.88. The molecule has 2 aromatic rings. The SMILES string of the molecule is O=C(OCc1ccccc1)N1CC/C(=C\c2cccc(Br)c2)C1. The molecule has 1 amide bonds. The Hall–Kier alpha value is -2.07. The summed E-state index contributed by atoms with van der Waals surface area (Å²) in [5.41, 5.74) is 3.40. The lowest BCUT2D eigenvalue weighted by Crippen LogP contribution is -2.28. The third-order valence-electron chi connectivity index (χ3n) is 3.78. The van der Waals surface area contributed by atoms with E-state index in [-0.39, 0.29) is 6.09 Å². The summed E-state index contributed by atoms with van der Waals surface area (Å²) in [6, 6.07) is 17.9. The van der Waals surface area contributed by atoms with Crippen LogP contribution in [-0.4, -0.2) is 24.1 Å². The number of carbonyl (C=O) groups is 1. The highest BCUT2D eigenvalue weighted by atomic mass is 79.9. The van der Waals surface area contributed by atoms with Gasteiger partial charge in [0, 0.05) is 17.6 Å². The third kappa shape index (κ3) is 4.45. The Morgan fingerprint density at radius 1 is 1.17 bits per heavy atom. The second-order valence-corrected chi connectivity index (χ2v) is 6.49. The fourth-order valence-electron chi connectivity index (χ4n) is 2.60. The number of ether oxygens (including phenoxy) is 1. The minimum Gasteiger partial charge on any atom is -0.445 e. The van der Waals surface area contributed by atoms with E-state index >= 15 is 0 Å². The van der Waals surface area contributed by atoms with Crippen molar-refractivity contribution in [2.24, 2.45) is 0 Å². The Balaban J connectivity index is 1.55. The van der Waals surface area contributed by atoms with E-state index in [1.807, 2.05) is 42.5 Å². The molecule has 2 aromatic carbocycles. The molecule has 3 rings (SSSR count). The van der Waals surface area contributed by atoms with Gasteiger partial charge in [-0.15, -0.1) is 0 Å². The lowest BCUT2D eigenvalue weighted by molar-refractivity contribution is 0.105. The summed E-state index contributed by atoms with van der Waals surface area (Å²) in [6.07, 6.45) is 2.80. The van der Waals surface area contributed by atoms with Crippen LogP contribution in [0.4, 0.5) is 4.79 Å². The van der Waals surface area contributed by atoms with Gasteiger partial charge in [-0.05, 0) is 35.3 Å². The van der Waals surface area contributed by atoms with E-state index in [0.29, 0.717) is 19.7 Å². The normalized spacial score (nSPS) is 15.9. The summed E-state index contributed by atoms with van der Waals surface area (Å²) in [4.78, 5) is 13.9. The lowest BCUT2D eigenvalue weighted by atomic mass is 10.1. The number of benzene rings is 2. The molecule has 0 saturated carbocycles. The Labute approximate surface area is 144 Å². The molecule has 0 radical (unpaired) electrons. The number of nitrogens with zero attached hydrogens (tertiary/aromatic N) is 1. The van der Waals surface area contributed by atoms with Gasteiger partial charge in [-0.25, -0.2) is 4.79 Å². The summed E-state index contributed by atoms with van der Waals surface area (Å²) in [6.45, 7) is 1.68. The van der Waals surface area contributed by atoms with Crippen LogP contribution in [0.2, 0.25) is 0 Å². The summed E-state index contributed by atoms with van der Waals surface area (Å²) in [7, 11) is 0. The van der Waals surface area contributed by atoms with Gasteiger partial charge in [0.15, 0.2) is 0 Å². The van der Waals surface area contributed by atoms with Gasteiger partial charge in [0.2, 0.25) is 0 Å². The molecule has 0 atom stereocenters. The van der Waals surface area contributed by atoms with E-state index < -0.39 is 0 Å². The average Bonchev–Trinajstić information content (AvgIpc) is 3.02. The molecular weight excluding hydrogens is 354 g/mol. The van der Waals surface area contributed by atoms with Crippen LogP contribution < -0.4 is 0 Å². The second kappa shape index (κ2) is 7.47. The van der Waals surface area contributed by atoms with Crippen LogP contribution in [0.1, 0.15) is 17.5 Å². The first-order valence-corrected chi connectivity index (χ1v) is 8.41. The van der Waals surface area contributed by atoms with Crippen LogP contribution in [0.3, 0.4) is 0 Å². The van der Waals surface area contributed by atoms with E-state index in [1.54, 1.807) is 4.90 Å². The zero-order valence-corrected chi connectivity index (χ0v) is 14.3. The van der Waals surface area contributed by atoms with Crippen molar-refractivity contribution < 1.29 is 9.53 Å². The molecule has 0 N–H and O–H groups in total. The maximum atomic E-state index is 12.1. The number of rotatable bonds is 3. The lowest BCUT2D eigenvalue weighted by Gasteiger charge is -2.15. The summed E-state index contributed by atoms with van der Waals surface area (Å²) >= 11 is 3.48. The van der Waals surface area contributed by atoms with Crippen LogP contribution in [-0.2, 0) is 11.3 Å². The van der Waals surface area contributed by atoms with Crippen molar-refractivity contribution in [2.45, 2.75) is 13.0 Å². The quantitative estimate of drug-likeness (QED) is 0.769. The molecular formula is C19H18BrNO2. The minimum absolute atomic E-state index is 0.244. The van der Waals surface area contributed by atoms with E-state index in [2.05, 4.69) is 34.1 Å². The van der Waals surface area contributed by atoms with Gasteiger partial charge in [-0.3, -0.25) is 0 Å². The number of hydrogen-bond donors (Lipinski definition) is 0. The number of hydrogen-bond acceptors (Lipinski definition) is 2. The van der Waals surface area contributed by atoms with Crippen molar-refractivity contribution in [1.29, 1.82) is 0 Å². The molecule has 1 aliphatic rings. The maximum absolute atomic E-state index is 12.1. The van der Waals surface area contributed by atoms with Crippen LogP contribution >= 0.6 is 15.9 Å². The molecule has 4 heteroatoms. The van der Waals surface area contributed by atoms with Crippen molar-refractivity contribution in [3.63, 3.8) is 0 Å². The zero-order valence-electron chi connectivity index (χ0n) is 12.7. The molecule has 118 valence electrons. The highest BCUT2D eigenvalue weighted by molar-refractivity contribution is 9.10. The Morgan fingerprint density at radius 2 is 2.00 bits per heavy atom. The van der Waals surface area contributed by atoms with Gasteiger partial charge in [-0.1, -0.05) is 64.5 Å². The van der Waals surface area contributed by atoms with E-state index in [1.165, 1.54) is 5.57 Å². The molecule has 0 bridgehead atoms. The summed E-state index contributed by atoms with van der Waals surface area (Å²) in [5, 5.41) is 0. The number of halogens is 1. The van der Waals surface area contributed by atoms with Crippen LogP contribution in [0, 0.1) is 0 Å². The fraction of sp³-hybridized carbons (Fsp3) is 0.211. The van der Waals surface area contributed by atoms with Gasteiger partial charge >= 0.3 is 6.09 Å². The molecule has 0 unspecified atom stereocenters. The highest BCUT2D eigenvalue weighted by Gasteiger charge is 2.22. The Morgan fingerprint density at radius 3 is 2.78 bits per heavy atom. The third-order valence-corrected chi connectivity index (χ3v) is 4.27. The van der Waals surface area contributed by atoms with Gasteiger partial charge in [0.25, 0.3) is 0 Å². The summed E-state index contributed by atoms with van der Waals surface area (Å²) < 4.78 is 6.44. The molecule has 1 saturated heterocycles. The van der Waals surface area contributed by atoms with E-state index in [4.69, 9.17) is 4.74 Å². The molecule has 23 heavy (non-hydrogen) atoms. The van der Waals surface area contributed by atoms with Crippen molar-refractivity contribution >= 4 is 28.1 Å². The first kappa shape index (κ1) is 15.8. The van der Waals surface area contributed by atoms with Crippen LogP contribution in [0.5, 0.6) is 0 Å². The van der Waals surface area contributed by atoms with Crippen molar-refractivity contribution in [3.05, 3.63) is 75.8 Å². The predicted molar refractivity (Wildman–Crippen MR) is 94.9 cm³/mol.